The topological polar surface area (TPSA) is 38.3 Å². The lowest BCUT2D eigenvalue weighted by Crippen LogP contribution is -2.20. The molecular formula is C8H15NO2. The average Bonchev–Trinajstić information content (AvgIpc) is 1.98. The van der Waals surface area contributed by atoms with Gasteiger partial charge < -0.3 is 4.84 Å². The third-order valence-electron chi connectivity index (χ3n) is 1.37. The van der Waals surface area contributed by atoms with Crippen LogP contribution in [0.25, 0.3) is 0 Å². The molecule has 0 fully saturated rings. The number of carbonyl (C=O) groups is 1. The van der Waals surface area contributed by atoms with Crippen LogP contribution in [0.5, 0.6) is 0 Å². The monoisotopic (exact) mass is 157 g/mol. The van der Waals surface area contributed by atoms with E-state index in [1.807, 2.05) is 20.8 Å². The first-order valence-corrected chi connectivity index (χ1v) is 3.67. The second kappa shape index (κ2) is 4.91. The smallest absolute Gasteiger partial charge is 0.352 e. The molecule has 0 radical (unpaired) electrons. The van der Waals surface area contributed by atoms with Crippen molar-refractivity contribution in [3.8, 4) is 0 Å². The summed E-state index contributed by atoms with van der Waals surface area (Å²) in [4.78, 5) is 15.7. The fourth-order valence-electron chi connectivity index (χ4n) is 0.418. The van der Waals surface area contributed by atoms with Crippen molar-refractivity contribution in [1.29, 1.82) is 0 Å². The third-order valence-corrected chi connectivity index (χ3v) is 1.37. The van der Waals surface area contributed by atoms with Crippen LogP contribution in [0.15, 0.2) is 11.1 Å². The molecule has 3 nitrogen and oxygen atoms in total. The van der Waals surface area contributed by atoms with Crippen molar-refractivity contribution < 1.29 is 9.63 Å². The van der Waals surface area contributed by atoms with E-state index in [4.69, 9.17) is 0 Å². The minimum atomic E-state index is -0.299. The summed E-state index contributed by atoms with van der Waals surface area (Å²) in [7, 11) is 0. The molecule has 0 bridgehead atoms. The Labute approximate surface area is 67.4 Å². The average molecular weight is 157 g/mol. The first-order chi connectivity index (χ1) is 5.09. The zero-order chi connectivity index (χ0) is 8.85. The van der Waals surface area contributed by atoms with Crippen molar-refractivity contribution in [3.63, 3.8) is 0 Å². The van der Waals surface area contributed by atoms with Gasteiger partial charge in [0.05, 0.1) is 0 Å². The Morgan fingerprint density at radius 3 is 2.27 bits per heavy atom. The van der Waals surface area contributed by atoms with Gasteiger partial charge in [0.15, 0.2) is 0 Å². The number of allylic oxidation sites excluding steroid dienone is 1. The molecule has 1 N–H and O–H groups in total. The molecule has 0 aromatic carbocycles. The molecule has 0 spiro atoms. The molecule has 0 aromatic heterocycles. The minimum Gasteiger partial charge on any atom is -0.367 e. The maximum atomic E-state index is 11.0. The summed E-state index contributed by atoms with van der Waals surface area (Å²) in [6.07, 6.45) is 0. The zero-order valence-electron chi connectivity index (χ0n) is 7.52. The molecule has 0 aromatic rings. The van der Waals surface area contributed by atoms with Crippen LogP contribution in [0.1, 0.15) is 27.7 Å². The number of hydrogen-bond acceptors (Lipinski definition) is 3. The molecule has 0 unspecified atom stereocenters. The van der Waals surface area contributed by atoms with Gasteiger partial charge in [0.2, 0.25) is 0 Å². The fraction of sp³-hybridized carbons (Fsp3) is 0.625. The predicted octanol–water partition coefficient (Wildman–Crippen LogP) is 1.41. The van der Waals surface area contributed by atoms with E-state index >= 15 is 0 Å². The normalized spacial score (nSPS) is 9.09. The largest absolute Gasteiger partial charge is 0.367 e. The Balaban J connectivity index is 3.95. The van der Waals surface area contributed by atoms with E-state index in [1.165, 1.54) is 0 Å². The number of rotatable bonds is 3. The highest BCUT2D eigenvalue weighted by Crippen LogP contribution is 2.02. The second-order valence-corrected chi connectivity index (χ2v) is 2.51. The van der Waals surface area contributed by atoms with Crippen LogP contribution in [-0.2, 0) is 9.63 Å². The van der Waals surface area contributed by atoms with Crippen LogP contribution >= 0.6 is 0 Å². The lowest BCUT2D eigenvalue weighted by molar-refractivity contribution is -0.146. The van der Waals surface area contributed by atoms with Crippen LogP contribution in [0.2, 0.25) is 0 Å². The lowest BCUT2D eigenvalue weighted by Gasteiger charge is -2.03. The maximum absolute atomic E-state index is 11.0. The van der Waals surface area contributed by atoms with Gasteiger partial charge in [-0.1, -0.05) is 5.57 Å². The number of hydroxylamine groups is 1. The Hall–Kier alpha value is -0.830. The molecule has 11 heavy (non-hydrogen) atoms. The van der Waals surface area contributed by atoms with E-state index in [1.54, 1.807) is 6.92 Å². The number of nitrogens with one attached hydrogen (secondary N) is 1. The standard InChI is InChI=1S/C8H15NO2/c1-5-9-11-8(10)7(4)6(2)3/h9H,5H2,1-4H3. The van der Waals surface area contributed by atoms with Crippen molar-refractivity contribution in [2.75, 3.05) is 6.54 Å². The van der Waals surface area contributed by atoms with Gasteiger partial charge in [-0.05, 0) is 27.7 Å². The van der Waals surface area contributed by atoms with E-state index in [0.717, 1.165) is 5.57 Å². The van der Waals surface area contributed by atoms with Crippen LogP contribution in [-0.4, -0.2) is 12.5 Å². The van der Waals surface area contributed by atoms with Crippen molar-refractivity contribution in [1.82, 2.24) is 5.48 Å². The van der Waals surface area contributed by atoms with Gasteiger partial charge >= 0.3 is 5.97 Å². The van der Waals surface area contributed by atoms with Gasteiger partial charge in [-0.3, -0.25) is 0 Å². The summed E-state index contributed by atoms with van der Waals surface area (Å²) in [5.41, 5.74) is 4.14. The molecule has 0 heterocycles. The predicted molar refractivity (Wildman–Crippen MR) is 43.8 cm³/mol. The first-order valence-electron chi connectivity index (χ1n) is 3.67. The summed E-state index contributed by atoms with van der Waals surface area (Å²) in [6.45, 7) is 7.99. The molecule has 0 aliphatic heterocycles. The van der Waals surface area contributed by atoms with Crippen LogP contribution < -0.4 is 5.48 Å². The summed E-state index contributed by atoms with van der Waals surface area (Å²) in [5.74, 6) is -0.299. The van der Waals surface area contributed by atoms with Crippen molar-refractivity contribution in [2.24, 2.45) is 0 Å². The summed E-state index contributed by atoms with van der Waals surface area (Å²) in [5, 5.41) is 0. The summed E-state index contributed by atoms with van der Waals surface area (Å²) < 4.78 is 0. The van der Waals surface area contributed by atoms with Gasteiger partial charge in [0.1, 0.15) is 0 Å². The van der Waals surface area contributed by atoms with Gasteiger partial charge in [-0.15, -0.1) is 0 Å². The Morgan fingerprint density at radius 1 is 1.36 bits per heavy atom. The molecular weight excluding hydrogens is 142 g/mol. The molecule has 0 atom stereocenters. The summed E-state index contributed by atoms with van der Waals surface area (Å²) in [6, 6.07) is 0. The second-order valence-electron chi connectivity index (χ2n) is 2.51. The van der Waals surface area contributed by atoms with Crippen molar-refractivity contribution in [3.05, 3.63) is 11.1 Å². The van der Waals surface area contributed by atoms with E-state index in [9.17, 15) is 4.79 Å². The highest BCUT2D eigenvalue weighted by Gasteiger charge is 2.05. The molecule has 0 saturated heterocycles. The van der Waals surface area contributed by atoms with Crippen LogP contribution in [0, 0.1) is 0 Å². The minimum absolute atomic E-state index is 0.299. The molecule has 3 heteroatoms. The maximum Gasteiger partial charge on any atom is 0.352 e. The summed E-state index contributed by atoms with van der Waals surface area (Å²) >= 11 is 0. The number of carbonyl (C=O) groups excluding carboxylic acids is 1. The quantitative estimate of drug-likeness (QED) is 0.497. The van der Waals surface area contributed by atoms with Crippen LogP contribution in [0.4, 0.5) is 0 Å². The van der Waals surface area contributed by atoms with Crippen molar-refractivity contribution >= 4 is 5.97 Å². The number of hydrogen-bond donors (Lipinski definition) is 1. The molecule has 0 aliphatic carbocycles. The van der Waals surface area contributed by atoms with E-state index < -0.39 is 0 Å². The first kappa shape index (κ1) is 10.2. The molecule has 64 valence electrons. The van der Waals surface area contributed by atoms with E-state index in [2.05, 4.69) is 10.3 Å². The zero-order valence-corrected chi connectivity index (χ0v) is 7.52. The SMILES string of the molecule is CCNOC(=O)C(C)=C(C)C. The highest BCUT2D eigenvalue weighted by molar-refractivity contribution is 5.88. The third kappa shape index (κ3) is 3.78. The molecule has 0 saturated carbocycles. The van der Waals surface area contributed by atoms with Gasteiger partial charge in [-0.25, -0.2) is 4.79 Å². The highest BCUT2D eigenvalue weighted by atomic mass is 16.7. The van der Waals surface area contributed by atoms with Gasteiger partial charge in [0, 0.05) is 12.1 Å². The Kier molecular flexibility index (Phi) is 4.54. The Bertz CT molecular complexity index is 169. The Morgan fingerprint density at radius 2 is 1.91 bits per heavy atom. The van der Waals surface area contributed by atoms with Crippen molar-refractivity contribution in [2.45, 2.75) is 27.7 Å². The molecule has 0 rings (SSSR count). The lowest BCUT2D eigenvalue weighted by atomic mass is 10.2. The van der Waals surface area contributed by atoms with Gasteiger partial charge in [0.25, 0.3) is 0 Å². The van der Waals surface area contributed by atoms with Gasteiger partial charge in [-0.2, -0.15) is 5.48 Å². The fourth-order valence-corrected chi connectivity index (χ4v) is 0.418. The van der Waals surface area contributed by atoms with Crippen LogP contribution in [0.3, 0.4) is 0 Å². The molecule has 0 aliphatic rings. The van der Waals surface area contributed by atoms with E-state index in [0.29, 0.717) is 12.1 Å². The molecule has 0 amide bonds. The van der Waals surface area contributed by atoms with E-state index in [-0.39, 0.29) is 5.97 Å².